The van der Waals surface area contributed by atoms with E-state index in [1.165, 1.54) is 11.8 Å². The first-order chi connectivity index (χ1) is 13.1. The fourth-order valence-corrected chi connectivity index (χ4v) is 3.99. The first-order valence-electron chi connectivity index (χ1n) is 8.44. The van der Waals surface area contributed by atoms with Gasteiger partial charge in [0.1, 0.15) is 11.4 Å². The Kier molecular flexibility index (Phi) is 4.92. The summed E-state index contributed by atoms with van der Waals surface area (Å²) in [6.07, 6.45) is -0.418. The second-order valence-corrected chi connectivity index (χ2v) is 8.09. The number of thioether (sulfide) groups is 1. The van der Waals surface area contributed by atoms with Crippen molar-refractivity contribution in [1.29, 1.82) is 0 Å². The number of hydrazone groups is 1. The Morgan fingerprint density at radius 1 is 1.26 bits per heavy atom. The Balaban J connectivity index is 1.92. The molecule has 1 N–H and O–H groups in total. The zero-order valence-corrected chi connectivity index (χ0v) is 17.2. The van der Waals surface area contributed by atoms with Crippen LogP contribution in [0.2, 0.25) is 0 Å². The van der Waals surface area contributed by atoms with Gasteiger partial charge in [0, 0.05) is 9.69 Å². The minimum atomic E-state index is -0.418. The van der Waals surface area contributed by atoms with Crippen molar-refractivity contribution in [2.75, 3.05) is 12.9 Å². The highest BCUT2D eigenvalue weighted by atomic mass is 79.9. The molecule has 2 aliphatic rings. The summed E-state index contributed by atoms with van der Waals surface area (Å²) in [5.41, 5.74) is 1.43. The van der Waals surface area contributed by atoms with Crippen molar-refractivity contribution in [2.45, 2.75) is 13.1 Å². The van der Waals surface area contributed by atoms with Crippen LogP contribution in [0, 0.1) is 0 Å². The molecule has 2 aromatic carbocycles. The van der Waals surface area contributed by atoms with Gasteiger partial charge in [0.05, 0.1) is 12.5 Å². The van der Waals surface area contributed by atoms with Gasteiger partial charge < -0.3 is 4.74 Å². The number of benzene rings is 2. The second kappa shape index (κ2) is 7.36. The number of amidine groups is 1. The third-order valence-electron chi connectivity index (χ3n) is 4.26. The minimum absolute atomic E-state index is 0.172. The average molecular weight is 445 g/mol. The van der Waals surface area contributed by atoms with Gasteiger partial charge in [-0.05, 0) is 41.6 Å². The number of hydrogen-bond donors (Lipinski definition) is 1. The summed E-state index contributed by atoms with van der Waals surface area (Å²) in [6, 6.07) is 13.4. The van der Waals surface area contributed by atoms with Crippen LogP contribution in [0.3, 0.4) is 0 Å². The molecule has 2 aliphatic heterocycles. The van der Waals surface area contributed by atoms with Gasteiger partial charge in [-0.1, -0.05) is 46.7 Å². The van der Waals surface area contributed by atoms with Crippen molar-refractivity contribution >= 4 is 44.5 Å². The van der Waals surface area contributed by atoms with E-state index in [4.69, 9.17) is 9.73 Å². The minimum Gasteiger partial charge on any atom is -0.497 e. The molecule has 27 heavy (non-hydrogen) atoms. The Bertz CT molecular complexity index is 1050. The first kappa shape index (κ1) is 18.1. The maximum absolute atomic E-state index is 12.9. The molecule has 0 saturated carbocycles. The molecule has 2 heterocycles. The molecule has 0 radical (unpaired) electrons. The molecule has 0 bridgehead atoms. The summed E-state index contributed by atoms with van der Waals surface area (Å²) in [4.78, 5) is 17.8. The molecular formula is C19H17BrN4O2S. The number of nitrogens with one attached hydrogen (secondary N) is 1. The highest BCUT2D eigenvalue weighted by molar-refractivity contribution is 9.10. The predicted octanol–water partition coefficient (Wildman–Crippen LogP) is 2.35. The maximum atomic E-state index is 12.9. The number of fused-ring (bicyclic) bond motifs is 2. The summed E-state index contributed by atoms with van der Waals surface area (Å²) in [5, 5.41) is 11.4. The molecule has 0 spiro atoms. The van der Waals surface area contributed by atoms with E-state index >= 15 is 0 Å². The quantitative estimate of drug-likeness (QED) is 0.788. The van der Waals surface area contributed by atoms with Gasteiger partial charge in [0.25, 0.3) is 5.91 Å². The summed E-state index contributed by atoms with van der Waals surface area (Å²) >= 11 is 4.97. The lowest BCUT2D eigenvalue weighted by molar-refractivity contribution is -0.116. The number of halogens is 1. The molecule has 4 rings (SSSR count). The lowest BCUT2D eigenvalue weighted by Gasteiger charge is -2.34. The van der Waals surface area contributed by atoms with E-state index in [9.17, 15) is 4.79 Å². The molecule has 0 unspecified atom stereocenters. The zero-order valence-electron chi connectivity index (χ0n) is 14.8. The molecule has 1 amide bonds. The molecule has 0 saturated heterocycles. The summed E-state index contributed by atoms with van der Waals surface area (Å²) < 4.78 is 6.14. The third kappa shape index (κ3) is 3.35. The van der Waals surface area contributed by atoms with Crippen molar-refractivity contribution in [3.05, 3.63) is 63.1 Å². The van der Waals surface area contributed by atoms with Crippen molar-refractivity contribution in [3.8, 4) is 5.75 Å². The third-order valence-corrected chi connectivity index (χ3v) is 5.50. The van der Waals surface area contributed by atoms with Crippen LogP contribution in [0.5, 0.6) is 5.75 Å². The Morgan fingerprint density at radius 3 is 2.74 bits per heavy atom. The predicted molar refractivity (Wildman–Crippen MR) is 110 cm³/mol. The smallest absolute Gasteiger partial charge is 0.276 e. The molecule has 1 atom stereocenters. The number of carbonyl (C=O) groups is 1. The van der Waals surface area contributed by atoms with Crippen LogP contribution in [0.1, 0.15) is 18.7 Å². The van der Waals surface area contributed by atoms with E-state index in [2.05, 4.69) is 26.3 Å². The topological polar surface area (TPSA) is 66.3 Å². The lowest BCUT2D eigenvalue weighted by Crippen LogP contribution is -2.50. The average Bonchev–Trinajstić information content (AvgIpc) is 2.67. The summed E-state index contributed by atoms with van der Waals surface area (Å²) in [6.45, 7) is 2.02. The van der Waals surface area contributed by atoms with Crippen molar-refractivity contribution in [3.63, 3.8) is 0 Å². The lowest BCUT2D eigenvalue weighted by atomic mass is 10.1. The van der Waals surface area contributed by atoms with Crippen LogP contribution in [0.25, 0.3) is 5.70 Å². The Hall–Kier alpha value is -2.32. The van der Waals surface area contributed by atoms with Gasteiger partial charge in [0.15, 0.2) is 11.3 Å². The number of nitrogens with zero attached hydrogens (tertiary/aromatic N) is 3. The first-order valence-corrected chi connectivity index (χ1v) is 10.2. The van der Waals surface area contributed by atoms with Gasteiger partial charge >= 0.3 is 0 Å². The fraction of sp³-hybridized carbons (Fsp3) is 0.211. The highest BCUT2D eigenvalue weighted by Crippen LogP contribution is 2.31. The van der Waals surface area contributed by atoms with Crippen LogP contribution in [-0.4, -0.2) is 28.9 Å². The van der Waals surface area contributed by atoms with E-state index in [0.717, 1.165) is 32.1 Å². The summed E-state index contributed by atoms with van der Waals surface area (Å²) in [5.74, 6) is 1.41. The van der Waals surface area contributed by atoms with Crippen molar-refractivity contribution in [2.24, 2.45) is 10.1 Å². The van der Waals surface area contributed by atoms with E-state index < -0.39 is 6.17 Å². The SMILES string of the molecule is CCSC1=NN2C(=c3cc(Br)ccc3=N[C@@H]2c2ccc(OC)cc2)C(=O)N1. The van der Waals surface area contributed by atoms with E-state index in [-0.39, 0.29) is 5.91 Å². The van der Waals surface area contributed by atoms with Crippen molar-refractivity contribution < 1.29 is 9.53 Å². The van der Waals surface area contributed by atoms with Gasteiger partial charge in [-0.15, -0.1) is 5.10 Å². The molecule has 0 fully saturated rings. The molecule has 0 aromatic heterocycles. The molecule has 8 heteroatoms. The number of hydrogen-bond acceptors (Lipinski definition) is 6. The van der Waals surface area contributed by atoms with Gasteiger partial charge in [-0.3, -0.25) is 15.1 Å². The zero-order chi connectivity index (χ0) is 19.0. The number of amides is 1. The number of carbonyl (C=O) groups excluding carboxylic acids is 1. The number of ether oxygens (including phenoxy) is 1. The van der Waals surface area contributed by atoms with Crippen LogP contribution < -0.4 is 20.6 Å². The maximum Gasteiger partial charge on any atom is 0.276 e. The van der Waals surface area contributed by atoms with Gasteiger partial charge in [-0.2, -0.15) is 0 Å². The van der Waals surface area contributed by atoms with E-state index in [0.29, 0.717) is 10.9 Å². The molecule has 2 aromatic rings. The van der Waals surface area contributed by atoms with Crippen LogP contribution in [-0.2, 0) is 4.79 Å². The van der Waals surface area contributed by atoms with Crippen molar-refractivity contribution in [1.82, 2.24) is 10.3 Å². The Morgan fingerprint density at radius 2 is 2.04 bits per heavy atom. The highest BCUT2D eigenvalue weighted by Gasteiger charge is 2.34. The van der Waals surface area contributed by atoms with Crippen LogP contribution in [0.15, 0.2) is 57.0 Å². The Labute approximate surface area is 169 Å². The van der Waals surface area contributed by atoms with Gasteiger partial charge in [0.2, 0.25) is 0 Å². The van der Waals surface area contributed by atoms with E-state index in [1.807, 2.05) is 49.4 Å². The molecule has 0 aliphatic carbocycles. The van der Waals surface area contributed by atoms with E-state index in [1.54, 1.807) is 12.1 Å². The standard InChI is InChI=1S/C19H17BrN4O2S/c1-3-27-19-22-18(25)16-14-10-12(20)6-9-15(14)21-17(24(16)23-19)11-4-7-13(26-2)8-5-11/h4-10,17H,3H2,1-2H3,(H,22,23,25)/t17-/m0/s1. The normalized spacial score (nSPS) is 18.1. The molecular weight excluding hydrogens is 428 g/mol. The van der Waals surface area contributed by atoms with Crippen LogP contribution >= 0.6 is 27.7 Å². The van der Waals surface area contributed by atoms with Crippen LogP contribution in [0.4, 0.5) is 0 Å². The number of rotatable bonds is 3. The second-order valence-electron chi connectivity index (χ2n) is 5.92. The number of methoxy groups -OCH3 is 1. The molecule has 138 valence electrons. The summed E-state index contributed by atoms with van der Waals surface area (Å²) in [7, 11) is 1.63. The fourth-order valence-electron chi connectivity index (χ4n) is 3.05. The van der Waals surface area contributed by atoms with Gasteiger partial charge in [-0.25, -0.2) is 5.01 Å². The monoisotopic (exact) mass is 444 g/mol. The largest absolute Gasteiger partial charge is 0.497 e. The molecule has 6 nitrogen and oxygen atoms in total.